The SMILES string of the molecule is CC[C@H](N)c1ccccc1N1CC(C)(C)OC(C)(C)C1. The van der Waals surface area contributed by atoms with Crippen molar-refractivity contribution in [2.24, 2.45) is 5.73 Å². The van der Waals surface area contributed by atoms with E-state index in [9.17, 15) is 0 Å². The van der Waals surface area contributed by atoms with Crippen LogP contribution in [-0.4, -0.2) is 24.3 Å². The van der Waals surface area contributed by atoms with E-state index in [1.165, 1.54) is 11.3 Å². The molecule has 0 aliphatic carbocycles. The van der Waals surface area contributed by atoms with Crippen LogP contribution in [0.3, 0.4) is 0 Å². The fourth-order valence-corrected chi connectivity index (χ4v) is 3.27. The number of ether oxygens (including phenoxy) is 1. The first-order valence-corrected chi connectivity index (χ1v) is 7.54. The van der Waals surface area contributed by atoms with E-state index in [1.807, 2.05) is 0 Å². The average molecular weight is 276 g/mol. The minimum atomic E-state index is -0.148. The van der Waals surface area contributed by atoms with E-state index in [0.717, 1.165) is 19.5 Å². The molecule has 0 saturated carbocycles. The van der Waals surface area contributed by atoms with Crippen LogP contribution in [0.25, 0.3) is 0 Å². The minimum absolute atomic E-state index is 0.0975. The Morgan fingerprint density at radius 3 is 2.25 bits per heavy atom. The summed E-state index contributed by atoms with van der Waals surface area (Å²) in [6, 6.07) is 8.60. The van der Waals surface area contributed by atoms with Crippen LogP contribution in [0.4, 0.5) is 5.69 Å². The zero-order valence-electron chi connectivity index (χ0n) is 13.4. The molecular weight excluding hydrogens is 248 g/mol. The van der Waals surface area contributed by atoms with Crippen molar-refractivity contribution in [3.05, 3.63) is 29.8 Å². The Morgan fingerprint density at radius 1 is 1.15 bits per heavy atom. The zero-order valence-corrected chi connectivity index (χ0v) is 13.4. The van der Waals surface area contributed by atoms with Gasteiger partial charge in [0.1, 0.15) is 0 Å². The van der Waals surface area contributed by atoms with Gasteiger partial charge in [0.15, 0.2) is 0 Å². The van der Waals surface area contributed by atoms with Gasteiger partial charge in [-0.25, -0.2) is 0 Å². The van der Waals surface area contributed by atoms with Crippen molar-refractivity contribution in [2.45, 2.75) is 58.3 Å². The van der Waals surface area contributed by atoms with Gasteiger partial charge in [0.05, 0.1) is 11.2 Å². The van der Waals surface area contributed by atoms with Gasteiger partial charge in [0.25, 0.3) is 0 Å². The van der Waals surface area contributed by atoms with E-state index in [4.69, 9.17) is 10.5 Å². The first kappa shape index (κ1) is 15.3. The smallest absolute Gasteiger partial charge is 0.0808 e. The summed E-state index contributed by atoms with van der Waals surface area (Å²) in [5.74, 6) is 0. The predicted octanol–water partition coefficient (Wildman–Crippen LogP) is 3.49. The maximum atomic E-state index is 6.28. The predicted molar refractivity (Wildman–Crippen MR) is 85.1 cm³/mol. The van der Waals surface area contributed by atoms with Crippen LogP contribution in [0.5, 0.6) is 0 Å². The molecule has 2 N–H and O–H groups in total. The molecular formula is C17H28N2O. The highest BCUT2D eigenvalue weighted by Crippen LogP contribution is 2.34. The normalized spacial score (nSPS) is 22.6. The number of nitrogens with zero attached hydrogens (tertiary/aromatic N) is 1. The molecule has 3 nitrogen and oxygen atoms in total. The van der Waals surface area contributed by atoms with Crippen molar-refractivity contribution < 1.29 is 4.74 Å². The van der Waals surface area contributed by atoms with Crippen molar-refractivity contribution in [1.82, 2.24) is 0 Å². The minimum Gasteiger partial charge on any atom is -0.366 e. The third-order valence-corrected chi connectivity index (χ3v) is 3.81. The lowest BCUT2D eigenvalue weighted by Crippen LogP contribution is -2.57. The molecule has 1 heterocycles. The van der Waals surface area contributed by atoms with Crippen molar-refractivity contribution in [3.63, 3.8) is 0 Å². The van der Waals surface area contributed by atoms with E-state index in [2.05, 4.69) is 63.8 Å². The number of hydrogen-bond donors (Lipinski definition) is 1. The summed E-state index contributed by atoms with van der Waals surface area (Å²) in [7, 11) is 0. The molecule has 112 valence electrons. The molecule has 1 aliphatic heterocycles. The lowest BCUT2D eigenvalue weighted by atomic mass is 9.95. The molecule has 0 spiro atoms. The molecule has 1 aromatic carbocycles. The molecule has 0 unspecified atom stereocenters. The van der Waals surface area contributed by atoms with E-state index in [1.54, 1.807) is 0 Å². The molecule has 2 rings (SSSR count). The summed E-state index contributed by atoms with van der Waals surface area (Å²) in [4.78, 5) is 2.42. The second kappa shape index (κ2) is 5.38. The Labute approximate surface area is 123 Å². The Hall–Kier alpha value is -1.06. The van der Waals surface area contributed by atoms with Crippen LogP contribution in [0.1, 0.15) is 52.6 Å². The van der Waals surface area contributed by atoms with Crippen molar-refractivity contribution in [3.8, 4) is 0 Å². The lowest BCUT2D eigenvalue weighted by molar-refractivity contribution is -0.133. The molecule has 1 atom stereocenters. The number of morpholine rings is 1. The summed E-state index contributed by atoms with van der Waals surface area (Å²) < 4.78 is 6.17. The van der Waals surface area contributed by atoms with Crippen LogP contribution >= 0.6 is 0 Å². The van der Waals surface area contributed by atoms with Gasteiger partial charge in [-0.3, -0.25) is 0 Å². The van der Waals surface area contributed by atoms with Crippen molar-refractivity contribution in [1.29, 1.82) is 0 Å². The Balaban J connectivity index is 2.36. The summed E-state index contributed by atoms with van der Waals surface area (Å²) in [5.41, 5.74) is 8.48. The molecule has 20 heavy (non-hydrogen) atoms. The Kier molecular flexibility index (Phi) is 4.12. The van der Waals surface area contributed by atoms with Gasteiger partial charge in [0.2, 0.25) is 0 Å². The first-order chi connectivity index (χ1) is 9.24. The van der Waals surface area contributed by atoms with Gasteiger partial charge in [-0.1, -0.05) is 25.1 Å². The molecule has 3 heteroatoms. The topological polar surface area (TPSA) is 38.5 Å². The molecule has 0 radical (unpaired) electrons. The number of rotatable bonds is 3. The van der Waals surface area contributed by atoms with Crippen LogP contribution in [0.2, 0.25) is 0 Å². The van der Waals surface area contributed by atoms with Gasteiger partial charge in [-0.2, -0.15) is 0 Å². The maximum Gasteiger partial charge on any atom is 0.0808 e. The van der Waals surface area contributed by atoms with Crippen LogP contribution < -0.4 is 10.6 Å². The summed E-state index contributed by atoms with van der Waals surface area (Å²) in [5, 5.41) is 0. The average Bonchev–Trinajstić information content (AvgIpc) is 2.34. The highest BCUT2D eigenvalue weighted by atomic mass is 16.5. The Morgan fingerprint density at radius 2 is 1.70 bits per heavy atom. The standard InChI is InChI=1S/C17H28N2O/c1-6-14(18)13-9-7-8-10-15(13)19-11-16(2,3)20-17(4,5)12-19/h7-10,14H,6,11-12,18H2,1-5H3/t14-/m0/s1. The monoisotopic (exact) mass is 276 g/mol. The first-order valence-electron chi connectivity index (χ1n) is 7.54. The number of hydrogen-bond acceptors (Lipinski definition) is 3. The lowest BCUT2D eigenvalue weighted by Gasteiger charge is -2.48. The van der Waals surface area contributed by atoms with Crippen LogP contribution in [-0.2, 0) is 4.74 Å². The third-order valence-electron chi connectivity index (χ3n) is 3.81. The fraction of sp³-hybridized carbons (Fsp3) is 0.647. The van der Waals surface area contributed by atoms with Gasteiger partial charge in [-0.05, 0) is 45.7 Å². The molecule has 1 aromatic rings. The molecule has 1 saturated heterocycles. The fourth-order valence-electron chi connectivity index (χ4n) is 3.27. The highest BCUT2D eigenvalue weighted by molar-refractivity contribution is 5.56. The number of nitrogens with two attached hydrogens (primary N) is 1. The van der Waals surface area contributed by atoms with Gasteiger partial charge in [0, 0.05) is 24.8 Å². The second-order valence-electron chi connectivity index (χ2n) is 7.05. The number of benzene rings is 1. The second-order valence-corrected chi connectivity index (χ2v) is 7.05. The summed E-state index contributed by atoms with van der Waals surface area (Å²) >= 11 is 0. The van der Waals surface area contributed by atoms with Gasteiger partial charge < -0.3 is 15.4 Å². The largest absolute Gasteiger partial charge is 0.366 e. The summed E-state index contributed by atoms with van der Waals surface area (Å²) in [6.07, 6.45) is 0.953. The summed E-state index contributed by atoms with van der Waals surface area (Å²) in [6.45, 7) is 12.5. The van der Waals surface area contributed by atoms with Crippen LogP contribution in [0, 0.1) is 0 Å². The van der Waals surface area contributed by atoms with E-state index in [-0.39, 0.29) is 17.2 Å². The zero-order chi connectivity index (χ0) is 15.0. The highest BCUT2D eigenvalue weighted by Gasteiger charge is 2.38. The molecule has 1 aliphatic rings. The van der Waals surface area contributed by atoms with E-state index >= 15 is 0 Å². The molecule has 0 amide bonds. The van der Waals surface area contributed by atoms with Crippen LogP contribution in [0.15, 0.2) is 24.3 Å². The van der Waals surface area contributed by atoms with Gasteiger partial charge >= 0.3 is 0 Å². The third kappa shape index (κ3) is 3.33. The van der Waals surface area contributed by atoms with E-state index < -0.39 is 0 Å². The quantitative estimate of drug-likeness (QED) is 0.918. The maximum absolute atomic E-state index is 6.28. The van der Waals surface area contributed by atoms with E-state index in [0.29, 0.717) is 0 Å². The molecule has 0 bridgehead atoms. The van der Waals surface area contributed by atoms with Crippen molar-refractivity contribution >= 4 is 5.69 Å². The Bertz CT molecular complexity index is 452. The molecule has 1 fully saturated rings. The van der Waals surface area contributed by atoms with Crippen molar-refractivity contribution in [2.75, 3.05) is 18.0 Å². The number of anilines is 1. The number of para-hydroxylation sites is 1. The van der Waals surface area contributed by atoms with Gasteiger partial charge in [-0.15, -0.1) is 0 Å². The molecule has 0 aromatic heterocycles.